The Balaban J connectivity index is 2.37. The first kappa shape index (κ1) is 14.9. The Labute approximate surface area is 127 Å². The Bertz CT molecular complexity index is 439. The molecule has 1 fully saturated rings. The van der Waals surface area contributed by atoms with E-state index < -0.39 is 0 Å². The summed E-state index contributed by atoms with van der Waals surface area (Å²) in [6.45, 7) is 0.777. The number of alkyl halides is 1. The Hall–Kier alpha value is -0.450. The molecule has 2 atom stereocenters. The first-order valence-electron chi connectivity index (χ1n) is 6.30. The molecule has 3 nitrogen and oxygen atoms in total. The molecule has 1 saturated heterocycles. The Morgan fingerprint density at radius 3 is 2.63 bits per heavy atom. The van der Waals surface area contributed by atoms with Gasteiger partial charge in [-0.15, -0.1) is 11.6 Å². The van der Waals surface area contributed by atoms with E-state index in [0.717, 1.165) is 29.5 Å². The van der Waals surface area contributed by atoms with Crippen LogP contribution in [-0.2, 0) is 4.74 Å². The molecule has 0 amide bonds. The second-order valence-electron chi connectivity index (χ2n) is 4.58. The van der Waals surface area contributed by atoms with Crippen molar-refractivity contribution in [3.05, 3.63) is 22.2 Å². The van der Waals surface area contributed by atoms with E-state index in [1.165, 1.54) is 0 Å². The summed E-state index contributed by atoms with van der Waals surface area (Å²) in [6.07, 6.45) is 2.17. The van der Waals surface area contributed by atoms with Crippen molar-refractivity contribution in [2.45, 2.75) is 18.9 Å². The Morgan fingerprint density at radius 2 is 2.00 bits per heavy atom. The maximum absolute atomic E-state index is 6.06. The number of halogens is 2. The molecular formula is C14H18BrClO3. The van der Waals surface area contributed by atoms with Gasteiger partial charge in [-0.3, -0.25) is 0 Å². The molecule has 2 rings (SSSR count). The summed E-state index contributed by atoms with van der Waals surface area (Å²) in [5.74, 6) is 2.36. The fraction of sp³-hybridized carbons (Fsp3) is 0.571. The van der Waals surface area contributed by atoms with Crippen LogP contribution in [0.4, 0.5) is 0 Å². The molecule has 1 aromatic carbocycles. The monoisotopic (exact) mass is 348 g/mol. The van der Waals surface area contributed by atoms with E-state index in [1.807, 2.05) is 12.1 Å². The van der Waals surface area contributed by atoms with Crippen LogP contribution < -0.4 is 9.47 Å². The van der Waals surface area contributed by atoms with Gasteiger partial charge in [0.2, 0.25) is 0 Å². The molecule has 106 valence electrons. The highest BCUT2D eigenvalue weighted by molar-refractivity contribution is 9.10. The summed E-state index contributed by atoms with van der Waals surface area (Å²) in [4.78, 5) is 0. The zero-order chi connectivity index (χ0) is 13.8. The van der Waals surface area contributed by atoms with Crippen molar-refractivity contribution >= 4 is 27.5 Å². The Morgan fingerprint density at radius 1 is 1.32 bits per heavy atom. The van der Waals surface area contributed by atoms with E-state index in [0.29, 0.717) is 23.3 Å². The highest BCUT2D eigenvalue weighted by atomic mass is 79.9. The van der Waals surface area contributed by atoms with Gasteiger partial charge in [-0.25, -0.2) is 0 Å². The molecule has 1 aliphatic heterocycles. The standard InChI is InChI=1S/C14H18BrClO3/c1-17-12-6-10(11(15)7-13(12)18-2)14-9(8-16)4-3-5-19-14/h6-7,9,14H,3-5,8H2,1-2H3. The third-order valence-corrected chi connectivity index (χ3v) is 4.54. The summed E-state index contributed by atoms with van der Waals surface area (Å²) in [5, 5.41) is 0. The summed E-state index contributed by atoms with van der Waals surface area (Å²) < 4.78 is 17.5. The molecule has 0 aromatic heterocycles. The second kappa shape index (κ2) is 6.82. The van der Waals surface area contributed by atoms with Crippen LogP contribution in [0.5, 0.6) is 11.5 Å². The van der Waals surface area contributed by atoms with Gasteiger partial charge in [0.1, 0.15) is 0 Å². The van der Waals surface area contributed by atoms with Crippen LogP contribution in [0.25, 0.3) is 0 Å². The van der Waals surface area contributed by atoms with Gasteiger partial charge in [0.05, 0.1) is 20.3 Å². The van der Waals surface area contributed by atoms with E-state index in [9.17, 15) is 0 Å². The summed E-state index contributed by atoms with van der Waals surface area (Å²) >= 11 is 9.64. The van der Waals surface area contributed by atoms with Crippen LogP contribution in [0.15, 0.2) is 16.6 Å². The maximum Gasteiger partial charge on any atom is 0.161 e. The van der Waals surface area contributed by atoms with Gasteiger partial charge in [0, 0.05) is 22.9 Å². The van der Waals surface area contributed by atoms with Gasteiger partial charge >= 0.3 is 0 Å². The smallest absolute Gasteiger partial charge is 0.161 e. The fourth-order valence-electron chi connectivity index (χ4n) is 2.43. The summed E-state index contributed by atoms with van der Waals surface area (Å²) in [6, 6.07) is 3.88. The molecule has 0 bridgehead atoms. The van der Waals surface area contributed by atoms with E-state index in [1.54, 1.807) is 14.2 Å². The molecule has 0 saturated carbocycles. The lowest BCUT2D eigenvalue weighted by Gasteiger charge is -2.31. The number of methoxy groups -OCH3 is 2. The summed E-state index contributed by atoms with van der Waals surface area (Å²) in [5.41, 5.74) is 1.07. The van der Waals surface area contributed by atoms with Crippen LogP contribution in [-0.4, -0.2) is 26.7 Å². The van der Waals surface area contributed by atoms with Crippen molar-refractivity contribution in [3.63, 3.8) is 0 Å². The third-order valence-electron chi connectivity index (χ3n) is 3.45. The van der Waals surface area contributed by atoms with E-state index in [2.05, 4.69) is 15.9 Å². The van der Waals surface area contributed by atoms with Crippen molar-refractivity contribution in [2.75, 3.05) is 26.7 Å². The molecule has 0 spiro atoms. The van der Waals surface area contributed by atoms with E-state index >= 15 is 0 Å². The lowest BCUT2D eigenvalue weighted by atomic mass is 9.91. The zero-order valence-corrected chi connectivity index (χ0v) is 13.5. The Kier molecular flexibility index (Phi) is 5.37. The normalized spacial score (nSPS) is 23.2. The maximum atomic E-state index is 6.06. The topological polar surface area (TPSA) is 27.7 Å². The lowest BCUT2D eigenvalue weighted by molar-refractivity contribution is -0.0213. The van der Waals surface area contributed by atoms with Gasteiger partial charge in [-0.1, -0.05) is 15.9 Å². The molecule has 0 aliphatic carbocycles. The number of rotatable bonds is 4. The van der Waals surface area contributed by atoms with Crippen LogP contribution in [0, 0.1) is 5.92 Å². The lowest BCUT2D eigenvalue weighted by Crippen LogP contribution is -2.24. The van der Waals surface area contributed by atoms with Crippen LogP contribution in [0.1, 0.15) is 24.5 Å². The molecule has 1 aliphatic rings. The van der Waals surface area contributed by atoms with Crippen molar-refractivity contribution in [2.24, 2.45) is 5.92 Å². The first-order valence-corrected chi connectivity index (χ1v) is 7.63. The van der Waals surface area contributed by atoms with Crippen LogP contribution in [0.3, 0.4) is 0 Å². The van der Waals surface area contributed by atoms with Gasteiger partial charge in [-0.2, -0.15) is 0 Å². The van der Waals surface area contributed by atoms with Crippen molar-refractivity contribution < 1.29 is 14.2 Å². The molecule has 0 N–H and O–H groups in total. The van der Waals surface area contributed by atoms with Gasteiger partial charge in [0.25, 0.3) is 0 Å². The minimum absolute atomic E-state index is 0.0143. The van der Waals surface area contributed by atoms with Crippen LogP contribution in [0.2, 0.25) is 0 Å². The first-order chi connectivity index (χ1) is 9.21. The van der Waals surface area contributed by atoms with Gasteiger partial charge in [0.15, 0.2) is 11.5 Å². The fourth-order valence-corrected chi connectivity index (χ4v) is 3.30. The van der Waals surface area contributed by atoms with Crippen molar-refractivity contribution in [1.82, 2.24) is 0 Å². The number of benzene rings is 1. The van der Waals surface area contributed by atoms with Crippen LogP contribution >= 0.6 is 27.5 Å². The molecular weight excluding hydrogens is 332 g/mol. The number of hydrogen-bond donors (Lipinski definition) is 0. The average molecular weight is 350 g/mol. The quantitative estimate of drug-likeness (QED) is 0.764. The highest BCUT2D eigenvalue weighted by Crippen LogP contribution is 2.42. The van der Waals surface area contributed by atoms with Gasteiger partial charge in [-0.05, 0) is 30.5 Å². The molecule has 19 heavy (non-hydrogen) atoms. The van der Waals surface area contributed by atoms with Crippen molar-refractivity contribution in [1.29, 1.82) is 0 Å². The number of hydrogen-bond acceptors (Lipinski definition) is 3. The van der Waals surface area contributed by atoms with E-state index in [4.69, 9.17) is 25.8 Å². The predicted molar refractivity (Wildman–Crippen MR) is 79.4 cm³/mol. The van der Waals surface area contributed by atoms with Crippen molar-refractivity contribution in [3.8, 4) is 11.5 Å². The molecule has 0 radical (unpaired) electrons. The second-order valence-corrected chi connectivity index (χ2v) is 5.74. The zero-order valence-electron chi connectivity index (χ0n) is 11.1. The highest BCUT2D eigenvalue weighted by Gasteiger charge is 2.29. The third kappa shape index (κ3) is 3.18. The molecule has 5 heteroatoms. The predicted octanol–water partition coefficient (Wildman–Crippen LogP) is 4.17. The molecule has 1 aromatic rings. The number of ether oxygens (including phenoxy) is 3. The molecule has 2 unspecified atom stereocenters. The minimum Gasteiger partial charge on any atom is -0.493 e. The SMILES string of the molecule is COc1cc(Br)c(C2OCCCC2CCl)cc1OC. The van der Waals surface area contributed by atoms with Gasteiger partial charge < -0.3 is 14.2 Å². The van der Waals surface area contributed by atoms with E-state index in [-0.39, 0.29) is 6.10 Å². The largest absolute Gasteiger partial charge is 0.493 e. The summed E-state index contributed by atoms with van der Waals surface area (Å²) in [7, 11) is 3.26. The molecule has 1 heterocycles. The minimum atomic E-state index is 0.0143. The average Bonchev–Trinajstić information content (AvgIpc) is 2.46.